The number of hydrogen-bond acceptors (Lipinski definition) is 2. The average Bonchev–Trinajstić information content (AvgIpc) is 1.80. The van der Waals surface area contributed by atoms with Gasteiger partial charge in [-0.3, -0.25) is 0 Å². The van der Waals surface area contributed by atoms with Gasteiger partial charge in [-0.2, -0.15) is 0 Å². The molecule has 4 heteroatoms. The molecular formula is C9H24O2Si2. The minimum absolute atomic E-state index is 0.331. The van der Waals surface area contributed by atoms with Crippen molar-refractivity contribution in [2.24, 2.45) is 0 Å². The van der Waals surface area contributed by atoms with Crippen LogP contribution in [0, 0.1) is 0 Å². The zero-order valence-corrected chi connectivity index (χ0v) is 12.1. The van der Waals surface area contributed by atoms with E-state index in [-0.39, 0.29) is 0 Å². The van der Waals surface area contributed by atoms with Gasteiger partial charge in [-0.1, -0.05) is 6.92 Å². The first-order valence-corrected chi connectivity index (χ1v) is 11.3. The van der Waals surface area contributed by atoms with Crippen molar-refractivity contribution in [2.45, 2.75) is 59.1 Å². The molecule has 13 heavy (non-hydrogen) atoms. The Kier molecular flexibility index (Phi) is 4.86. The molecule has 0 aromatic rings. The van der Waals surface area contributed by atoms with Crippen LogP contribution in [0.1, 0.15) is 20.3 Å². The van der Waals surface area contributed by atoms with E-state index in [0.29, 0.717) is 6.10 Å². The van der Waals surface area contributed by atoms with Gasteiger partial charge in [0.15, 0.2) is 8.32 Å². The molecule has 0 spiro atoms. The molecule has 0 radical (unpaired) electrons. The van der Waals surface area contributed by atoms with Gasteiger partial charge in [0.2, 0.25) is 0 Å². The molecule has 0 bridgehead atoms. The maximum atomic E-state index is 6.05. The van der Waals surface area contributed by atoms with E-state index in [9.17, 15) is 0 Å². The van der Waals surface area contributed by atoms with Crippen LogP contribution in [0.15, 0.2) is 0 Å². The minimum Gasteiger partial charge on any atom is -0.436 e. The molecule has 0 aromatic heterocycles. The van der Waals surface area contributed by atoms with Gasteiger partial charge in [-0.05, 0) is 46.1 Å². The lowest BCUT2D eigenvalue weighted by Gasteiger charge is -2.32. The summed E-state index contributed by atoms with van der Waals surface area (Å²) in [6.07, 6.45) is 1.39. The van der Waals surface area contributed by atoms with Gasteiger partial charge >= 0.3 is 8.56 Å². The normalized spacial score (nSPS) is 15.9. The Balaban J connectivity index is 4.08. The fourth-order valence-corrected chi connectivity index (χ4v) is 8.56. The molecule has 0 fully saturated rings. The standard InChI is InChI=1S/C9H24O2Si2/c1-8-9(2)10-13(6,7)11-12(3,4)5/h9H,8H2,1-7H3. The second-order valence-electron chi connectivity index (χ2n) is 4.95. The van der Waals surface area contributed by atoms with E-state index in [0.717, 1.165) is 6.42 Å². The predicted octanol–water partition coefficient (Wildman–Crippen LogP) is 3.35. The van der Waals surface area contributed by atoms with Crippen LogP contribution in [0.25, 0.3) is 0 Å². The van der Waals surface area contributed by atoms with Crippen molar-refractivity contribution < 1.29 is 8.54 Å². The fraction of sp³-hybridized carbons (Fsp3) is 1.00. The summed E-state index contributed by atoms with van der Waals surface area (Å²) in [4.78, 5) is 0. The topological polar surface area (TPSA) is 18.5 Å². The Labute approximate surface area is 85.0 Å². The summed E-state index contributed by atoms with van der Waals surface area (Å²) in [5.41, 5.74) is 0. The second kappa shape index (κ2) is 4.73. The van der Waals surface area contributed by atoms with Crippen LogP contribution in [-0.2, 0) is 8.54 Å². The monoisotopic (exact) mass is 220 g/mol. The first-order chi connectivity index (χ1) is 5.66. The quantitative estimate of drug-likeness (QED) is 0.662. The summed E-state index contributed by atoms with van der Waals surface area (Å²) in [6, 6.07) is 0. The molecule has 80 valence electrons. The molecule has 1 unspecified atom stereocenters. The summed E-state index contributed by atoms with van der Waals surface area (Å²) >= 11 is 0. The van der Waals surface area contributed by atoms with Gasteiger partial charge < -0.3 is 8.54 Å². The molecule has 0 heterocycles. The van der Waals surface area contributed by atoms with Crippen molar-refractivity contribution in [3.63, 3.8) is 0 Å². The van der Waals surface area contributed by atoms with E-state index in [1.807, 2.05) is 0 Å². The van der Waals surface area contributed by atoms with Crippen LogP contribution in [0.2, 0.25) is 32.7 Å². The van der Waals surface area contributed by atoms with Gasteiger partial charge in [0.25, 0.3) is 0 Å². The highest BCUT2D eigenvalue weighted by atomic mass is 28.4. The molecule has 0 aliphatic heterocycles. The first-order valence-electron chi connectivity index (χ1n) is 5.04. The van der Waals surface area contributed by atoms with Gasteiger partial charge in [0.1, 0.15) is 0 Å². The highest BCUT2D eigenvalue weighted by molar-refractivity contribution is 6.81. The molecule has 0 N–H and O–H groups in total. The number of rotatable bonds is 5. The van der Waals surface area contributed by atoms with Crippen molar-refractivity contribution in [1.82, 2.24) is 0 Å². The Morgan fingerprint density at radius 2 is 1.54 bits per heavy atom. The van der Waals surface area contributed by atoms with Crippen LogP contribution in [0.4, 0.5) is 0 Å². The van der Waals surface area contributed by atoms with Gasteiger partial charge in [-0.25, -0.2) is 0 Å². The fourth-order valence-electron chi connectivity index (χ4n) is 1.33. The van der Waals surface area contributed by atoms with E-state index in [1.165, 1.54) is 0 Å². The van der Waals surface area contributed by atoms with E-state index < -0.39 is 16.9 Å². The highest BCUT2D eigenvalue weighted by Crippen LogP contribution is 2.17. The van der Waals surface area contributed by atoms with E-state index in [4.69, 9.17) is 8.54 Å². The third-order valence-corrected chi connectivity index (χ3v) is 7.00. The smallest absolute Gasteiger partial charge is 0.321 e. The van der Waals surface area contributed by atoms with Crippen LogP contribution in [0.3, 0.4) is 0 Å². The molecule has 0 amide bonds. The lowest BCUT2D eigenvalue weighted by Crippen LogP contribution is -2.46. The van der Waals surface area contributed by atoms with Crippen molar-refractivity contribution in [2.75, 3.05) is 0 Å². The van der Waals surface area contributed by atoms with Crippen LogP contribution in [-0.4, -0.2) is 23.0 Å². The molecule has 0 saturated carbocycles. The summed E-state index contributed by atoms with van der Waals surface area (Å²) in [6.45, 7) is 15.2. The van der Waals surface area contributed by atoms with Crippen LogP contribution < -0.4 is 0 Å². The lowest BCUT2D eigenvalue weighted by atomic mass is 10.3. The largest absolute Gasteiger partial charge is 0.436 e. The third kappa shape index (κ3) is 7.43. The molecule has 2 nitrogen and oxygen atoms in total. The Hall–Kier alpha value is 0.354. The van der Waals surface area contributed by atoms with Crippen LogP contribution >= 0.6 is 0 Å². The van der Waals surface area contributed by atoms with Crippen LogP contribution in [0.5, 0.6) is 0 Å². The van der Waals surface area contributed by atoms with Crippen molar-refractivity contribution in [1.29, 1.82) is 0 Å². The molecular weight excluding hydrogens is 196 g/mol. The molecule has 1 atom stereocenters. The molecule has 0 rings (SSSR count). The highest BCUT2D eigenvalue weighted by Gasteiger charge is 2.32. The van der Waals surface area contributed by atoms with Crippen molar-refractivity contribution >= 4 is 16.9 Å². The minimum atomic E-state index is -1.86. The Bertz CT molecular complexity index is 152. The van der Waals surface area contributed by atoms with Gasteiger partial charge in [0, 0.05) is 6.10 Å². The lowest BCUT2D eigenvalue weighted by molar-refractivity contribution is 0.168. The van der Waals surface area contributed by atoms with Gasteiger partial charge in [0.05, 0.1) is 0 Å². The second-order valence-corrected chi connectivity index (χ2v) is 13.0. The Morgan fingerprint density at radius 1 is 1.08 bits per heavy atom. The zero-order chi connectivity index (χ0) is 10.7. The van der Waals surface area contributed by atoms with Gasteiger partial charge in [-0.15, -0.1) is 0 Å². The summed E-state index contributed by atoms with van der Waals surface area (Å²) in [5, 5.41) is 0. The summed E-state index contributed by atoms with van der Waals surface area (Å²) in [5.74, 6) is 0. The maximum Gasteiger partial charge on any atom is 0.321 e. The molecule has 0 aromatic carbocycles. The number of hydrogen-bond donors (Lipinski definition) is 0. The molecule has 0 saturated heterocycles. The first kappa shape index (κ1) is 13.4. The predicted molar refractivity (Wildman–Crippen MR) is 62.8 cm³/mol. The zero-order valence-electron chi connectivity index (χ0n) is 10.1. The average molecular weight is 220 g/mol. The summed E-state index contributed by atoms with van der Waals surface area (Å²) < 4.78 is 12.0. The molecule has 0 aliphatic carbocycles. The van der Waals surface area contributed by atoms with E-state index in [2.05, 4.69) is 46.6 Å². The Morgan fingerprint density at radius 3 is 1.85 bits per heavy atom. The van der Waals surface area contributed by atoms with E-state index >= 15 is 0 Å². The maximum absolute atomic E-state index is 6.05. The summed E-state index contributed by atoms with van der Waals surface area (Å²) in [7, 11) is -3.30. The molecule has 0 aliphatic rings. The third-order valence-electron chi connectivity index (χ3n) is 1.61. The van der Waals surface area contributed by atoms with Crippen molar-refractivity contribution in [3.05, 3.63) is 0 Å². The van der Waals surface area contributed by atoms with Crippen molar-refractivity contribution in [3.8, 4) is 0 Å². The SMILES string of the molecule is CCC(C)O[Si](C)(C)O[Si](C)(C)C. The van der Waals surface area contributed by atoms with E-state index in [1.54, 1.807) is 0 Å².